The fraction of sp³-hybridized carbons (Fsp3) is 0.0909. The molecule has 1 N–H and O–H groups in total. The quantitative estimate of drug-likeness (QED) is 0.511. The number of nitro benzene ring substituents is 1. The standard InChI is InChI=1S/C22H17N3O5/c1-13-7-8-14(11-18(13)25(28)29)21(26)23-15-9-10-19-16(12-15)22(27)24(2)17-5-3-4-6-20(17)30-19/h3-12H,1-2H3,(H,23,26). The predicted octanol–water partition coefficient (Wildman–Crippen LogP) is 4.54. The second kappa shape index (κ2) is 7.32. The molecule has 0 aliphatic carbocycles. The zero-order valence-corrected chi connectivity index (χ0v) is 16.2. The summed E-state index contributed by atoms with van der Waals surface area (Å²) < 4.78 is 5.89. The Kier molecular flexibility index (Phi) is 4.67. The lowest BCUT2D eigenvalue weighted by atomic mass is 10.1. The van der Waals surface area contributed by atoms with Gasteiger partial charge >= 0.3 is 0 Å². The number of aryl methyl sites for hydroxylation is 1. The topological polar surface area (TPSA) is 102 Å². The van der Waals surface area contributed by atoms with Crippen LogP contribution in [0.3, 0.4) is 0 Å². The summed E-state index contributed by atoms with van der Waals surface area (Å²) in [5.41, 5.74) is 1.78. The maximum absolute atomic E-state index is 12.9. The lowest BCUT2D eigenvalue weighted by Gasteiger charge is -2.16. The van der Waals surface area contributed by atoms with Crippen molar-refractivity contribution in [3.8, 4) is 11.5 Å². The van der Waals surface area contributed by atoms with E-state index in [1.807, 2.05) is 12.1 Å². The molecule has 1 heterocycles. The fourth-order valence-corrected chi connectivity index (χ4v) is 3.24. The Balaban J connectivity index is 1.64. The molecule has 4 rings (SSSR count). The minimum absolute atomic E-state index is 0.132. The summed E-state index contributed by atoms with van der Waals surface area (Å²) in [7, 11) is 1.65. The Morgan fingerprint density at radius 2 is 1.83 bits per heavy atom. The SMILES string of the molecule is Cc1ccc(C(=O)Nc2ccc3c(c2)C(=O)N(C)c2ccccc2O3)cc1[N+](=O)[O-]. The molecule has 0 spiro atoms. The minimum atomic E-state index is -0.530. The van der Waals surface area contributed by atoms with E-state index in [4.69, 9.17) is 4.74 Å². The zero-order chi connectivity index (χ0) is 21.4. The minimum Gasteiger partial charge on any atom is -0.454 e. The zero-order valence-electron chi connectivity index (χ0n) is 16.2. The number of fused-ring (bicyclic) bond motifs is 2. The Morgan fingerprint density at radius 1 is 1.07 bits per heavy atom. The number of para-hydroxylation sites is 2. The number of hydrogen-bond acceptors (Lipinski definition) is 5. The lowest BCUT2D eigenvalue weighted by Crippen LogP contribution is -2.25. The van der Waals surface area contributed by atoms with Crippen molar-refractivity contribution in [2.75, 3.05) is 17.3 Å². The monoisotopic (exact) mass is 403 g/mol. The molecule has 1 aliphatic heterocycles. The van der Waals surface area contributed by atoms with Gasteiger partial charge in [0.25, 0.3) is 17.5 Å². The molecule has 0 bridgehead atoms. The molecule has 0 saturated heterocycles. The molecule has 8 nitrogen and oxygen atoms in total. The molecule has 0 unspecified atom stereocenters. The molecule has 30 heavy (non-hydrogen) atoms. The van der Waals surface area contributed by atoms with Gasteiger partial charge in [0.05, 0.1) is 16.2 Å². The van der Waals surface area contributed by atoms with E-state index in [2.05, 4.69) is 5.32 Å². The number of amides is 2. The van der Waals surface area contributed by atoms with Crippen molar-refractivity contribution < 1.29 is 19.2 Å². The first-order valence-electron chi connectivity index (χ1n) is 9.10. The summed E-state index contributed by atoms with van der Waals surface area (Å²) in [6.07, 6.45) is 0. The summed E-state index contributed by atoms with van der Waals surface area (Å²) in [4.78, 5) is 37.6. The van der Waals surface area contributed by atoms with Crippen LogP contribution in [0.15, 0.2) is 60.7 Å². The molecular formula is C22H17N3O5. The van der Waals surface area contributed by atoms with Gasteiger partial charge in [0, 0.05) is 29.9 Å². The molecular weight excluding hydrogens is 386 g/mol. The van der Waals surface area contributed by atoms with Gasteiger partial charge in [-0.25, -0.2) is 0 Å². The smallest absolute Gasteiger partial charge is 0.273 e. The van der Waals surface area contributed by atoms with E-state index in [0.717, 1.165) is 0 Å². The van der Waals surface area contributed by atoms with E-state index < -0.39 is 10.8 Å². The number of nitro groups is 1. The first kappa shape index (κ1) is 19.1. The van der Waals surface area contributed by atoms with Crippen molar-refractivity contribution in [2.24, 2.45) is 0 Å². The van der Waals surface area contributed by atoms with Gasteiger partial charge in [0.2, 0.25) is 0 Å². The molecule has 8 heteroatoms. The molecule has 0 fully saturated rings. The van der Waals surface area contributed by atoms with Crippen LogP contribution in [0.25, 0.3) is 0 Å². The maximum Gasteiger partial charge on any atom is 0.273 e. The van der Waals surface area contributed by atoms with Gasteiger partial charge < -0.3 is 15.0 Å². The van der Waals surface area contributed by atoms with Crippen molar-refractivity contribution in [1.82, 2.24) is 0 Å². The summed E-state index contributed by atoms with van der Waals surface area (Å²) >= 11 is 0. The summed E-state index contributed by atoms with van der Waals surface area (Å²) in [6.45, 7) is 1.60. The van der Waals surface area contributed by atoms with Crippen molar-refractivity contribution in [2.45, 2.75) is 6.92 Å². The second-order valence-corrected chi connectivity index (χ2v) is 6.86. The maximum atomic E-state index is 12.9. The van der Waals surface area contributed by atoms with Gasteiger partial charge in [0.15, 0.2) is 5.75 Å². The van der Waals surface area contributed by atoms with Crippen molar-refractivity contribution in [3.05, 3.63) is 87.5 Å². The molecule has 1 aliphatic rings. The van der Waals surface area contributed by atoms with E-state index in [-0.39, 0.29) is 17.2 Å². The number of ether oxygens (including phenoxy) is 1. The van der Waals surface area contributed by atoms with Crippen LogP contribution in [-0.2, 0) is 0 Å². The van der Waals surface area contributed by atoms with Crippen LogP contribution >= 0.6 is 0 Å². The first-order chi connectivity index (χ1) is 14.3. The van der Waals surface area contributed by atoms with Crippen LogP contribution < -0.4 is 15.0 Å². The van der Waals surface area contributed by atoms with E-state index in [9.17, 15) is 19.7 Å². The van der Waals surface area contributed by atoms with Crippen LogP contribution in [-0.4, -0.2) is 23.8 Å². The van der Waals surface area contributed by atoms with Gasteiger partial charge in [-0.05, 0) is 43.3 Å². The highest BCUT2D eigenvalue weighted by atomic mass is 16.6. The second-order valence-electron chi connectivity index (χ2n) is 6.86. The number of anilines is 2. The highest BCUT2D eigenvalue weighted by molar-refractivity contribution is 6.11. The average Bonchev–Trinajstić information content (AvgIpc) is 2.83. The first-order valence-corrected chi connectivity index (χ1v) is 9.10. The van der Waals surface area contributed by atoms with Crippen LogP contribution in [0.2, 0.25) is 0 Å². The molecule has 0 radical (unpaired) electrons. The summed E-state index contributed by atoms with van der Waals surface area (Å²) in [6, 6.07) is 16.2. The Labute approximate surface area is 171 Å². The van der Waals surface area contributed by atoms with Gasteiger partial charge in [-0.2, -0.15) is 0 Å². The largest absolute Gasteiger partial charge is 0.454 e. The Morgan fingerprint density at radius 3 is 2.60 bits per heavy atom. The number of carbonyl (C=O) groups excluding carboxylic acids is 2. The van der Waals surface area contributed by atoms with Gasteiger partial charge in [-0.3, -0.25) is 19.7 Å². The van der Waals surface area contributed by atoms with Crippen molar-refractivity contribution in [1.29, 1.82) is 0 Å². The van der Waals surface area contributed by atoms with Crippen LogP contribution in [0.4, 0.5) is 17.1 Å². The number of nitrogens with one attached hydrogen (secondary N) is 1. The highest BCUT2D eigenvalue weighted by Gasteiger charge is 2.26. The van der Waals surface area contributed by atoms with Gasteiger partial charge in [0.1, 0.15) is 5.75 Å². The number of nitrogens with zero attached hydrogens (tertiary/aromatic N) is 2. The van der Waals surface area contributed by atoms with E-state index in [1.165, 1.54) is 29.2 Å². The van der Waals surface area contributed by atoms with Crippen LogP contribution in [0, 0.1) is 17.0 Å². The summed E-state index contributed by atoms with van der Waals surface area (Å²) in [5.74, 6) is 0.130. The van der Waals surface area contributed by atoms with Crippen LogP contribution in [0.5, 0.6) is 11.5 Å². The molecule has 3 aromatic carbocycles. The third-order valence-electron chi connectivity index (χ3n) is 4.89. The molecule has 0 saturated carbocycles. The Bertz CT molecular complexity index is 1210. The number of benzene rings is 3. The number of hydrogen-bond donors (Lipinski definition) is 1. The number of carbonyl (C=O) groups is 2. The van der Waals surface area contributed by atoms with Crippen molar-refractivity contribution in [3.63, 3.8) is 0 Å². The summed E-state index contributed by atoms with van der Waals surface area (Å²) in [5, 5.41) is 13.8. The Hall–Kier alpha value is -4.20. The lowest BCUT2D eigenvalue weighted by molar-refractivity contribution is -0.385. The number of rotatable bonds is 3. The fourth-order valence-electron chi connectivity index (χ4n) is 3.24. The normalized spacial score (nSPS) is 12.3. The average molecular weight is 403 g/mol. The molecule has 0 aromatic heterocycles. The van der Waals surface area contributed by atoms with Crippen LogP contribution in [0.1, 0.15) is 26.3 Å². The molecule has 0 atom stereocenters. The van der Waals surface area contributed by atoms with Gasteiger partial charge in [-0.15, -0.1) is 0 Å². The third kappa shape index (κ3) is 3.35. The van der Waals surface area contributed by atoms with Crippen molar-refractivity contribution >= 4 is 28.9 Å². The van der Waals surface area contributed by atoms with E-state index in [0.29, 0.717) is 34.0 Å². The predicted molar refractivity (Wildman–Crippen MR) is 111 cm³/mol. The molecule has 150 valence electrons. The van der Waals surface area contributed by atoms with Gasteiger partial charge in [-0.1, -0.05) is 18.2 Å². The van der Waals surface area contributed by atoms with E-state index in [1.54, 1.807) is 38.2 Å². The molecule has 3 aromatic rings. The highest BCUT2D eigenvalue weighted by Crippen LogP contribution is 2.38. The van der Waals surface area contributed by atoms with E-state index >= 15 is 0 Å². The molecule has 2 amide bonds. The third-order valence-corrected chi connectivity index (χ3v) is 4.89.